The van der Waals surface area contributed by atoms with Crippen LogP contribution in [-0.2, 0) is 4.74 Å². The molecule has 1 fully saturated rings. The Labute approximate surface area is 222 Å². The van der Waals surface area contributed by atoms with Gasteiger partial charge < -0.3 is 14.8 Å². The van der Waals surface area contributed by atoms with E-state index in [0.717, 1.165) is 16.9 Å². The second-order valence-electron chi connectivity index (χ2n) is 9.27. The number of nitrogens with one attached hydrogen (secondary N) is 1. The Balaban J connectivity index is 1.47. The van der Waals surface area contributed by atoms with Gasteiger partial charge in [-0.25, -0.2) is 19.0 Å². The van der Waals surface area contributed by atoms with E-state index in [4.69, 9.17) is 14.5 Å². The van der Waals surface area contributed by atoms with E-state index < -0.39 is 12.3 Å². The van der Waals surface area contributed by atoms with Crippen molar-refractivity contribution in [1.29, 1.82) is 5.26 Å². The van der Waals surface area contributed by atoms with Gasteiger partial charge in [0.1, 0.15) is 30.1 Å². The molecule has 0 radical (unpaired) electrons. The molecule has 39 heavy (non-hydrogen) atoms. The summed E-state index contributed by atoms with van der Waals surface area (Å²) in [7, 11) is 1.59. The maximum Gasteiger partial charge on any atom is 0.163 e. The molecule has 2 atom stereocenters. The molecule has 0 unspecified atom stereocenters. The number of hydrogen-bond acceptors (Lipinski definition) is 9. The van der Waals surface area contributed by atoms with E-state index in [9.17, 15) is 9.65 Å². The van der Waals surface area contributed by atoms with Crippen LogP contribution in [0.3, 0.4) is 0 Å². The van der Waals surface area contributed by atoms with E-state index in [2.05, 4.69) is 31.7 Å². The first kappa shape index (κ1) is 24.4. The Morgan fingerprint density at radius 3 is 2.72 bits per heavy atom. The molecule has 11 nitrogen and oxygen atoms in total. The number of methoxy groups -OCH3 is 1. The molecule has 0 amide bonds. The molecule has 1 aromatic carbocycles. The van der Waals surface area contributed by atoms with Crippen molar-refractivity contribution in [2.45, 2.75) is 32.5 Å². The number of rotatable bonds is 6. The number of ether oxygens (including phenoxy) is 2. The van der Waals surface area contributed by atoms with Gasteiger partial charge in [0.2, 0.25) is 0 Å². The number of hydrogen-bond donors (Lipinski definition) is 1. The van der Waals surface area contributed by atoms with Crippen LogP contribution in [-0.4, -0.2) is 54.4 Å². The van der Waals surface area contributed by atoms with Crippen LogP contribution in [0.2, 0.25) is 0 Å². The number of alkyl halides is 1. The Morgan fingerprint density at radius 1 is 1.15 bits per heavy atom. The topological polar surface area (TPSA) is 129 Å². The molecule has 1 aliphatic heterocycles. The minimum Gasteiger partial charge on any atom is -0.494 e. The summed E-state index contributed by atoms with van der Waals surface area (Å²) < 4.78 is 28.8. The van der Waals surface area contributed by atoms with Crippen molar-refractivity contribution in [2.75, 3.05) is 19.0 Å². The first-order chi connectivity index (χ1) is 18.9. The summed E-state index contributed by atoms with van der Waals surface area (Å²) in [6.07, 6.45) is 0.379. The zero-order chi connectivity index (χ0) is 27.1. The molecule has 1 aliphatic rings. The highest BCUT2D eigenvalue weighted by Gasteiger charge is 2.30. The third-order valence-electron chi connectivity index (χ3n) is 6.56. The third kappa shape index (κ3) is 4.53. The van der Waals surface area contributed by atoms with Crippen LogP contribution in [0.1, 0.15) is 35.2 Å². The second-order valence-corrected chi connectivity index (χ2v) is 9.27. The van der Waals surface area contributed by atoms with Crippen molar-refractivity contribution in [3.63, 3.8) is 0 Å². The second kappa shape index (κ2) is 9.77. The van der Waals surface area contributed by atoms with Crippen LogP contribution in [0, 0.1) is 25.2 Å². The smallest absolute Gasteiger partial charge is 0.163 e. The number of aromatic nitrogens is 7. The van der Waals surface area contributed by atoms with Gasteiger partial charge in [0.05, 0.1) is 42.2 Å². The van der Waals surface area contributed by atoms with E-state index >= 15 is 0 Å². The Morgan fingerprint density at radius 2 is 2.03 bits per heavy atom. The van der Waals surface area contributed by atoms with Crippen LogP contribution in [0.15, 0.2) is 48.8 Å². The number of benzene rings is 1. The minimum atomic E-state index is -1.05. The molecular weight excluding hydrogens is 501 g/mol. The van der Waals surface area contributed by atoms with Gasteiger partial charge in [-0.3, -0.25) is 4.57 Å². The van der Waals surface area contributed by atoms with Crippen LogP contribution >= 0.6 is 0 Å². The first-order valence-corrected chi connectivity index (χ1v) is 12.3. The molecule has 1 saturated heterocycles. The number of halogens is 1. The number of fused-ring (bicyclic) bond motifs is 1. The number of anilines is 2. The summed E-state index contributed by atoms with van der Waals surface area (Å²) >= 11 is 0. The lowest BCUT2D eigenvalue weighted by atomic mass is 10.1. The van der Waals surface area contributed by atoms with Gasteiger partial charge in [0.25, 0.3) is 0 Å². The number of imidazole rings is 1. The van der Waals surface area contributed by atoms with Crippen LogP contribution in [0.5, 0.6) is 5.75 Å². The SMILES string of the molecule is COc1cc2ncn(-c3ccc([C@H]4C[C@@H](F)CO4)c(-n4nc(C#N)cc4C)n3)c2cc1Nc1ccc(C)nn1. The summed E-state index contributed by atoms with van der Waals surface area (Å²) in [6, 6.07) is 14.9. The molecule has 6 rings (SSSR count). The summed E-state index contributed by atoms with van der Waals surface area (Å²) in [4.78, 5) is 9.48. The number of pyridine rings is 1. The van der Waals surface area contributed by atoms with Gasteiger partial charge in [0, 0.05) is 23.7 Å². The lowest BCUT2D eigenvalue weighted by Gasteiger charge is -2.17. The molecule has 5 heterocycles. The predicted molar refractivity (Wildman–Crippen MR) is 140 cm³/mol. The van der Waals surface area contributed by atoms with Crippen LogP contribution in [0.4, 0.5) is 15.9 Å². The fourth-order valence-corrected chi connectivity index (χ4v) is 4.64. The van der Waals surface area contributed by atoms with Crippen molar-refractivity contribution in [3.05, 3.63) is 71.4 Å². The maximum atomic E-state index is 14.0. The Hall–Kier alpha value is -4.89. The third-order valence-corrected chi connectivity index (χ3v) is 6.56. The molecule has 0 spiro atoms. The maximum absolute atomic E-state index is 14.0. The molecule has 4 aromatic heterocycles. The highest BCUT2D eigenvalue weighted by atomic mass is 19.1. The van der Waals surface area contributed by atoms with E-state index in [1.807, 2.05) is 54.8 Å². The number of nitrogens with zero attached hydrogens (tertiary/aromatic N) is 8. The summed E-state index contributed by atoms with van der Waals surface area (Å²) in [6.45, 7) is 3.74. The predicted octanol–water partition coefficient (Wildman–Crippen LogP) is 4.44. The molecule has 196 valence electrons. The summed E-state index contributed by atoms with van der Waals surface area (Å²) in [5, 5.41) is 25.3. The van der Waals surface area contributed by atoms with E-state index in [0.29, 0.717) is 40.0 Å². The largest absolute Gasteiger partial charge is 0.494 e. The molecule has 0 saturated carbocycles. The van der Waals surface area contributed by atoms with Gasteiger partial charge in [0.15, 0.2) is 17.3 Å². The van der Waals surface area contributed by atoms with Gasteiger partial charge >= 0.3 is 0 Å². The van der Waals surface area contributed by atoms with Gasteiger partial charge in [-0.2, -0.15) is 15.5 Å². The summed E-state index contributed by atoms with van der Waals surface area (Å²) in [5.74, 6) is 2.19. The van der Waals surface area contributed by atoms with Crippen molar-refractivity contribution < 1.29 is 13.9 Å². The number of aryl methyl sites for hydroxylation is 2. The van der Waals surface area contributed by atoms with Crippen molar-refractivity contribution in [1.82, 2.24) is 34.5 Å². The van der Waals surface area contributed by atoms with Crippen molar-refractivity contribution >= 4 is 22.5 Å². The van der Waals surface area contributed by atoms with E-state index in [-0.39, 0.29) is 18.7 Å². The Kier molecular flexibility index (Phi) is 6.12. The number of nitriles is 1. The van der Waals surface area contributed by atoms with Crippen LogP contribution in [0.25, 0.3) is 22.7 Å². The first-order valence-electron chi connectivity index (χ1n) is 12.3. The molecule has 1 N–H and O–H groups in total. The van der Waals surface area contributed by atoms with Crippen molar-refractivity contribution in [2.24, 2.45) is 0 Å². The highest BCUT2D eigenvalue weighted by molar-refractivity contribution is 5.86. The molecule has 0 bridgehead atoms. The normalized spacial score (nSPS) is 16.9. The van der Waals surface area contributed by atoms with Gasteiger partial charge in [-0.05, 0) is 50.2 Å². The molecule has 5 aromatic rings. The van der Waals surface area contributed by atoms with E-state index in [1.54, 1.807) is 24.2 Å². The van der Waals surface area contributed by atoms with Crippen LogP contribution < -0.4 is 10.1 Å². The lowest BCUT2D eigenvalue weighted by Crippen LogP contribution is -2.12. The van der Waals surface area contributed by atoms with Gasteiger partial charge in [-0.1, -0.05) is 0 Å². The van der Waals surface area contributed by atoms with Gasteiger partial charge in [-0.15, -0.1) is 5.10 Å². The zero-order valence-corrected chi connectivity index (χ0v) is 21.5. The standard InChI is InChI=1S/C27H24FN9O2/c1-15-4-6-25(34-33-15)31-21-10-22-20(11-24(21)38-3)30-14-36(22)26-7-5-19(23-9-17(28)13-39-23)27(32-26)37-16(2)8-18(12-29)35-37/h4-8,10-11,14,17,23H,9,13H2,1-3H3,(H,31,34)/t17-,23-/m1/s1. The quantitative estimate of drug-likeness (QED) is 0.342. The lowest BCUT2D eigenvalue weighted by molar-refractivity contribution is 0.103. The summed E-state index contributed by atoms with van der Waals surface area (Å²) in [5.41, 5.74) is 4.62. The molecule has 12 heteroatoms. The van der Waals surface area contributed by atoms with E-state index in [1.165, 1.54) is 0 Å². The molecule has 0 aliphatic carbocycles. The fourth-order valence-electron chi connectivity index (χ4n) is 4.64. The highest BCUT2D eigenvalue weighted by Crippen LogP contribution is 2.36. The average Bonchev–Trinajstić information content (AvgIpc) is 3.67. The average molecular weight is 526 g/mol. The fraction of sp³-hybridized carbons (Fsp3) is 0.259. The monoisotopic (exact) mass is 525 g/mol. The van der Waals surface area contributed by atoms with Crippen molar-refractivity contribution in [3.8, 4) is 23.5 Å². The minimum absolute atomic E-state index is 0.0303. The molecular formula is C27H24FN9O2. The Bertz CT molecular complexity index is 1720. The zero-order valence-electron chi connectivity index (χ0n) is 21.5.